The summed E-state index contributed by atoms with van der Waals surface area (Å²) in [5.74, 6) is -0.621. The van der Waals surface area contributed by atoms with Gasteiger partial charge in [-0.1, -0.05) is 24.3 Å². The monoisotopic (exact) mass is 362 g/mol. The maximum absolute atomic E-state index is 12.6. The highest BCUT2D eigenvalue weighted by molar-refractivity contribution is 6.04. The van der Waals surface area contributed by atoms with Gasteiger partial charge in [0.15, 0.2) is 0 Å². The average molecular weight is 362 g/mol. The molecule has 1 fully saturated rings. The van der Waals surface area contributed by atoms with Crippen molar-refractivity contribution < 1.29 is 18.0 Å². The molecule has 0 aliphatic heterocycles. The molecule has 3 rings (SSSR count). The molecular weight excluding hydrogens is 341 g/mol. The predicted octanol–water partition coefficient (Wildman–Crippen LogP) is 5.57. The number of carbonyl (C=O) groups is 1. The number of benzene rings is 2. The van der Waals surface area contributed by atoms with E-state index in [0.717, 1.165) is 17.7 Å². The molecule has 0 unspecified atom stereocenters. The summed E-state index contributed by atoms with van der Waals surface area (Å²) in [6, 6.07) is 9.16. The molecule has 3 N–H and O–H groups in total. The van der Waals surface area contributed by atoms with Crippen LogP contribution >= 0.6 is 0 Å². The summed E-state index contributed by atoms with van der Waals surface area (Å²) in [4.78, 5) is 12.0. The lowest BCUT2D eigenvalue weighted by Gasteiger charge is -2.11. The number of amides is 1. The summed E-state index contributed by atoms with van der Waals surface area (Å²) in [6.45, 7) is 5.57. The Kier molecular flexibility index (Phi) is 6.08. The fraction of sp³-hybridized carbons (Fsp3) is 0.250. The summed E-state index contributed by atoms with van der Waals surface area (Å²) in [5.41, 5.74) is 8.01. The van der Waals surface area contributed by atoms with Crippen LogP contribution in [0.15, 0.2) is 54.6 Å². The molecule has 0 bridgehead atoms. The highest BCUT2D eigenvalue weighted by Crippen LogP contribution is 2.29. The molecule has 0 aromatic heterocycles. The number of hydrogen-bond acceptors (Lipinski definition) is 2. The van der Waals surface area contributed by atoms with Crippen molar-refractivity contribution in [1.82, 2.24) is 0 Å². The first-order valence-corrected chi connectivity index (χ1v) is 8.18. The van der Waals surface area contributed by atoms with Gasteiger partial charge < -0.3 is 11.1 Å². The molecule has 0 heterocycles. The van der Waals surface area contributed by atoms with E-state index in [-0.39, 0.29) is 5.56 Å². The number of nitrogens with two attached hydrogens (primary N) is 1. The molecule has 0 spiro atoms. The van der Waals surface area contributed by atoms with Crippen LogP contribution in [0.5, 0.6) is 0 Å². The van der Waals surface area contributed by atoms with Crippen LogP contribution in [0.25, 0.3) is 0 Å². The molecule has 0 saturated heterocycles. The maximum Gasteiger partial charge on any atom is 0.416 e. The summed E-state index contributed by atoms with van der Waals surface area (Å²) >= 11 is 0. The molecule has 1 amide bonds. The molecule has 0 atom stereocenters. The van der Waals surface area contributed by atoms with E-state index in [0.29, 0.717) is 11.4 Å². The largest absolute Gasteiger partial charge is 0.416 e. The molecule has 1 aliphatic rings. The van der Waals surface area contributed by atoms with Crippen molar-refractivity contribution in [3.8, 4) is 0 Å². The Hall–Kier alpha value is -2.76. The number of aryl methyl sites for hydroxylation is 1. The van der Waals surface area contributed by atoms with E-state index >= 15 is 0 Å². The Morgan fingerprint density at radius 2 is 1.81 bits per heavy atom. The van der Waals surface area contributed by atoms with E-state index in [1.54, 1.807) is 18.2 Å². The number of nitrogen functional groups attached to an aromatic ring is 1. The minimum absolute atomic E-state index is 0.0658. The Balaban J connectivity index is 0.000000417. The summed E-state index contributed by atoms with van der Waals surface area (Å²) in [6.07, 6.45) is -0.511. The molecule has 6 heteroatoms. The van der Waals surface area contributed by atoms with Gasteiger partial charge in [-0.15, -0.1) is 0 Å². The number of alkyl halides is 3. The first kappa shape index (κ1) is 19.6. The second-order valence-electron chi connectivity index (χ2n) is 6.21. The summed E-state index contributed by atoms with van der Waals surface area (Å²) in [5, 5.41) is 2.52. The molecule has 2 aromatic carbocycles. The molecular formula is C20H21F3N2O. The van der Waals surface area contributed by atoms with Gasteiger partial charge in [0.05, 0.1) is 5.56 Å². The van der Waals surface area contributed by atoms with Gasteiger partial charge in [0, 0.05) is 16.9 Å². The first-order chi connectivity index (χ1) is 12.2. The van der Waals surface area contributed by atoms with Crippen molar-refractivity contribution in [2.24, 2.45) is 0 Å². The minimum atomic E-state index is -4.48. The minimum Gasteiger partial charge on any atom is -0.398 e. The van der Waals surface area contributed by atoms with Gasteiger partial charge in [-0.3, -0.25) is 4.79 Å². The number of allylic oxidation sites excluding steroid dienone is 1. The van der Waals surface area contributed by atoms with Crippen molar-refractivity contribution >= 4 is 17.3 Å². The SMILES string of the molecule is C=C1CCC1.Cc1ccc(NC(=O)c2cccc(C(F)(F)F)c2)cc1N. The van der Waals surface area contributed by atoms with E-state index in [4.69, 9.17) is 5.73 Å². The van der Waals surface area contributed by atoms with Gasteiger partial charge >= 0.3 is 6.18 Å². The number of carbonyl (C=O) groups excluding carboxylic acids is 1. The van der Waals surface area contributed by atoms with Gasteiger partial charge in [0.1, 0.15) is 0 Å². The van der Waals surface area contributed by atoms with Crippen molar-refractivity contribution in [1.29, 1.82) is 0 Å². The second-order valence-corrected chi connectivity index (χ2v) is 6.21. The fourth-order valence-corrected chi connectivity index (χ4v) is 2.19. The zero-order valence-electron chi connectivity index (χ0n) is 14.5. The van der Waals surface area contributed by atoms with Crippen LogP contribution in [0, 0.1) is 6.92 Å². The molecule has 138 valence electrons. The highest BCUT2D eigenvalue weighted by atomic mass is 19.4. The van der Waals surface area contributed by atoms with Crippen molar-refractivity contribution in [3.05, 3.63) is 71.3 Å². The zero-order chi connectivity index (χ0) is 19.3. The molecule has 0 radical (unpaired) electrons. The fourth-order valence-electron chi connectivity index (χ4n) is 2.19. The predicted molar refractivity (Wildman–Crippen MR) is 98.0 cm³/mol. The Bertz CT molecular complexity index is 807. The third-order valence-electron chi connectivity index (χ3n) is 4.05. The number of anilines is 2. The van der Waals surface area contributed by atoms with E-state index in [9.17, 15) is 18.0 Å². The van der Waals surface area contributed by atoms with Crippen LogP contribution in [0.1, 0.15) is 40.7 Å². The summed E-state index contributed by atoms with van der Waals surface area (Å²) < 4.78 is 37.8. The van der Waals surface area contributed by atoms with Crippen molar-refractivity contribution in [2.45, 2.75) is 32.4 Å². The number of hydrogen-bond donors (Lipinski definition) is 2. The van der Waals surface area contributed by atoms with Gasteiger partial charge in [-0.25, -0.2) is 0 Å². The van der Waals surface area contributed by atoms with Crippen LogP contribution in [0.2, 0.25) is 0 Å². The maximum atomic E-state index is 12.6. The number of nitrogens with one attached hydrogen (secondary N) is 1. The van der Waals surface area contributed by atoms with E-state index in [1.165, 1.54) is 37.0 Å². The Labute approximate surface area is 150 Å². The van der Waals surface area contributed by atoms with Crippen LogP contribution in [0.3, 0.4) is 0 Å². The lowest BCUT2D eigenvalue weighted by molar-refractivity contribution is -0.137. The van der Waals surface area contributed by atoms with Gasteiger partial charge in [-0.05, 0) is 62.1 Å². The molecule has 3 nitrogen and oxygen atoms in total. The van der Waals surface area contributed by atoms with Crippen LogP contribution in [-0.2, 0) is 6.18 Å². The van der Waals surface area contributed by atoms with Gasteiger partial charge in [0.25, 0.3) is 5.91 Å². The zero-order valence-corrected chi connectivity index (χ0v) is 14.5. The Morgan fingerprint density at radius 1 is 1.15 bits per heavy atom. The Morgan fingerprint density at radius 3 is 2.31 bits per heavy atom. The summed E-state index contributed by atoms with van der Waals surface area (Å²) in [7, 11) is 0. The normalized spacial score (nSPS) is 13.3. The van der Waals surface area contributed by atoms with Crippen LogP contribution < -0.4 is 11.1 Å². The molecule has 1 saturated carbocycles. The number of halogens is 3. The quantitative estimate of drug-likeness (QED) is 0.542. The third kappa shape index (κ3) is 5.37. The molecule has 2 aromatic rings. The van der Waals surface area contributed by atoms with Crippen molar-refractivity contribution in [3.63, 3.8) is 0 Å². The average Bonchev–Trinajstić information content (AvgIpc) is 2.56. The van der Waals surface area contributed by atoms with Crippen LogP contribution in [0.4, 0.5) is 24.5 Å². The van der Waals surface area contributed by atoms with Gasteiger partial charge in [0.2, 0.25) is 0 Å². The van der Waals surface area contributed by atoms with Crippen molar-refractivity contribution in [2.75, 3.05) is 11.1 Å². The smallest absolute Gasteiger partial charge is 0.398 e. The second kappa shape index (κ2) is 8.08. The van der Waals surface area contributed by atoms with E-state index in [2.05, 4.69) is 11.9 Å². The standard InChI is InChI=1S/C15H13F3N2O.C5H8/c1-9-5-6-12(8-13(9)19)20-14(21)10-3-2-4-11(7-10)15(16,17)18;1-5-3-2-4-5/h2-8H,19H2,1H3,(H,20,21);1-4H2. The van der Waals surface area contributed by atoms with Gasteiger partial charge in [-0.2, -0.15) is 13.2 Å². The van der Waals surface area contributed by atoms with E-state index < -0.39 is 17.6 Å². The highest BCUT2D eigenvalue weighted by Gasteiger charge is 2.30. The molecule has 26 heavy (non-hydrogen) atoms. The van der Waals surface area contributed by atoms with Crippen LogP contribution in [-0.4, -0.2) is 5.91 Å². The molecule has 1 aliphatic carbocycles. The topological polar surface area (TPSA) is 55.1 Å². The number of rotatable bonds is 2. The lowest BCUT2D eigenvalue weighted by Crippen LogP contribution is -2.14. The first-order valence-electron chi connectivity index (χ1n) is 8.18. The van der Waals surface area contributed by atoms with E-state index in [1.807, 2.05) is 6.92 Å². The third-order valence-corrected chi connectivity index (χ3v) is 4.05. The lowest BCUT2D eigenvalue weighted by atomic mass is 9.95.